The predicted octanol–water partition coefficient (Wildman–Crippen LogP) is 1.56. The third kappa shape index (κ3) is 3.70. The van der Waals surface area contributed by atoms with Gasteiger partial charge in [0.2, 0.25) is 10.0 Å². The highest BCUT2D eigenvalue weighted by molar-refractivity contribution is 7.89. The molecule has 0 bridgehead atoms. The van der Waals surface area contributed by atoms with Crippen molar-refractivity contribution in [3.63, 3.8) is 0 Å². The van der Waals surface area contributed by atoms with Gasteiger partial charge in [-0.2, -0.15) is 5.10 Å². The summed E-state index contributed by atoms with van der Waals surface area (Å²) in [6.45, 7) is 6.76. The van der Waals surface area contributed by atoms with Crippen LogP contribution in [0.5, 0.6) is 0 Å². The zero-order valence-corrected chi connectivity index (χ0v) is 14.0. The lowest BCUT2D eigenvalue weighted by Crippen LogP contribution is -2.26. The average molecular weight is 328 g/mol. The standard InChI is InChI=1S/C13H20N4O2S2/c1-9-6-13(11(3)20-9)10(2)16-21(18,19)12-7-15-17(8-12)5-4-14/h6-8,10,16H,4-5,14H2,1-3H3. The van der Waals surface area contributed by atoms with Crippen LogP contribution in [-0.2, 0) is 16.6 Å². The van der Waals surface area contributed by atoms with E-state index in [9.17, 15) is 8.42 Å². The Kier molecular flexibility index (Phi) is 4.82. The van der Waals surface area contributed by atoms with Crippen LogP contribution in [0.3, 0.4) is 0 Å². The van der Waals surface area contributed by atoms with Crippen molar-refractivity contribution in [1.82, 2.24) is 14.5 Å². The zero-order chi connectivity index (χ0) is 15.6. The van der Waals surface area contributed by atoms with Gasteiger partial charge in [-0.15, -0.1) is 11.3 Å². The second-order valence-electron chi connectivity index (χ2n) is 4.94. The van der Waals surface area contributed by atoms with Crippen molar-refractivity contribution in [3.05, 3.63) is 33.8 Å². The molecule has 21 heavy (non-hydrogen) atoms. The molecule has 0 aromatic carbocycles. The number of rotatable bonds is 6. The molecule has 0 radical (unpaired) electrons. The molecule has 2 aromatic heterocycles. The smallest absolute Gasteiger partial charge is 0.244 e. The Hall–Kier alpha value is -1.22. The molecule has 1 atom stereocenters. The Morgan fingerprint density at radius 3 is 2.76 bits per heavy atom. The first-order chi connectivity index (χ1) is 9.83. The van der Waals surface area contributed by atoms with Crippen LogP contribution in [0, 0.1) is 13.8 Å². The largest absolute Gasteiger partial charge is 0.329 e. The summed E-state index contributed by atoms with van der Waals surface area (Å²) < 4.78 is 28.9. The van der Waals surface area contributed by atoms with E-state index in [-0.39, 0.29) is 10.9 Å². The molecule has 0 saturated carbocycles. The first-order valence-electron chi connectivity index (χ1n) is 6.65. The van der Waals surface area contributed by atoms with Gasteiger partial charge in [0.15, 0.2) is 0 Å². The molecule has 0 amide bonds. The van der Waals surface area contributed by atoms with Crippen molar-refractivity contribution in [1.29, 1.82) is 0 Å². The van der Waals surface area contributed by atoms with Crippen LogP contribution in [0.2, 0.25) is 0 Å². The van der Waals surface area contributed by atoms with Crippen molar-refractivity contribution >= 4 is 21.4 Å². The molecule has 0 aliphatic rings. The van der Waals surface area contributed by atoms with E-state index in [1.54, 1.807) is 11.3 Å². The molecule has 2 heterocycles. The molecular weight excluding hydrogens is 308 g/mol. The molecule has 116 valence electrons. The summed E-state index contributed by atoms with van der Waals surface area (Å²) in [5.74, 6) is 0. The normalized spacial score (nSPS) is 13.5. The fourth-order valence-corrected chi connectivity index (χ4v) is 4.38. The summed E-state index contributed by atoms with van der Waals surface area (Å²) in [7, 11) is -3.58. The summed E-state index contributed by atoms with van der Waals surface area (Å²) in [6.07, 6.45) is 2.84. The number of nitrogens with zero attached hydrogens (tertiary/aromatic N) is 2. The first kappa shape index (κ1) is 16.2. The molecule has 3 N–H and O–H groups in total. The van der Waals surface area contributed by atoms with Gasteiger partial charge in [0, 0.05) is 28.5 Å². The number of thiophene rings is 1. The minimum absolute atomic E-state index is 0.160. The van der Waals surface area contributed by atoms with Crippen LogP contribution in [0.25, 0.3) is 0 Å². The van der Waals surface area contributed by atoms with Gasteiger partial charge in [0.1, 0.15) is 4.90 Å². The maximum atomic E-state index is 12.4. The van der Waals surface area contributed by atoms with E-state index in [0.717, 1.165) is 10.4 Å². The van der Waals surface area contributed by atoms with Crippen molar-refractivity contribution in [3.8, 4) is 0 Å². The van der Waals surface area contributed by atoms with Crippen LogP contribution in [0.15, 0.2) is 23.4 Å². The van der Waals surface area contributed by atoms with E-state index < -0.39 is 10.0 Å². The Morgan fingerprint density at radius 1 is 1.48 bits per heavy atom. The minimum Gasteiger partial charge on any atom is -0.329 e. The van der Waals surface area contributed by atoms with E-state index in [1.165, 1.54) is 22.0 Å². The second kappa shape index (κ2) is 6.27. The molecule has 0 aliphatic carbocycles. The molecule has 0 aliphatic heterocycles. The number of nitrogens with two attached hydrogens (primary N) is 1. The molecule has 8 heteroatoms. The summed E-state index contributed by atoms with van der Waals surface area (Å²) in [5, 5.41) is 3.99. The molecule has 2 rings (SSSR count). The number of aryl methyl sites for hydroxylation is 2. The number of aromatic nitrogens is 2. The predicted molar refractivity (Wildman–Crippen MR) is 83.8 cm³/mol. The van der Waals surface area contributed by atoms with Crippen LogP contribution >= 0.6 is 11.3 Å². The lowest BCUT2D eigenvalue weighted by Gasteiger charge is -2.13. The Morgan fingerprint density at radius 2 is 2.19 bits per heavy atom. The third-order valence-electron chi connectivity index (χ3n) is 3.16. The van der Waals surface area contributed by atoms with E-state index in [0.29, 0.717) is 13.1 Å². The third-order valence-corrected chi connectivity index (χ3v) is 5.63. The SMILES string of the molecule is Cc1cc(C(C)NS(=O)(=O)c2cnn(CCN)c2)c(C)s1. The van der Waals surface area contributed by atoms with Gasteiger partial charge in [-0.3, -0.25) is 4.68 Å². The Balaban J connectivity index is 2.18. The number of sulfonamides is 1. The van der Waals surface area contributed by atoms with Gasteiger partial charge in [-0.25, -0.2) is 13.1 Å². The number of nitrogens with one attached hydrogen (secondary N) is 1. The summed E-state index contributed by atoms with van der Waals surface area (Å²) in [6, 6.07) is 1.74. The first-order valence-corrected chi connectivity index (χ1v) is 8.95. The lowest BCUT2D eigenvalue weighted by atomic mass is 10.1. The molecular formula is C13H20N4O2S2. The lowest BCUT2D eigenvalue weighted by molar-refractivity contribution is 0.566. The van der Waals surface area contributed by atoms with Gasteiger partial charge in [0.25, 0.3) is 0 Å². The van der Waals surface area contributed by atoms with Gasteiger partial charge < -0.3 is 5.73 Å². The maximum Gasteiger partial charge on any atom is 0.244 e. The highest BCUT2D eigenvalue weighted by Crippen LogP contribution is 2.27. The second-order valence-corrected chi connectivity index (χ2v) is 8.11. The van der Waals surface area contributed by atoms with Crippen molar-refractivity contribution in [2.75, 3.05) is 6.54 Å². The molecule has 0 fully saturated rings. The van der Waals surface area contributed by atoms with Crippen molar-refractivity contribution < 1.29 is 8.42 Å². The zero-order valence-electron chi connectivity index (χ0n) is 12.3. The Labute approximate surface area is 129 Å². The molecule has 0 spiro atoms. The van der Waals surface area contributed by atoms with Gasteiger partial charge in [-0.1, -0.05) is 0 Å². The Bertz CT molecular complexity index is 718. The average Bonchev–Trinajstić information content (AvgIpc) is 2.96. The van der Waals surface area contributed by atoms with E-state index in [4.69, 9.17) is 5.73 Å². The van der Waals surface area contributed by atoms with Gasteiger partial charge in [0.05, 0.1) is 12.7 Å². The van der Waals surface area contributed by atoms with Gasteiger partial charge >= 0.3 is 0 Å². The monoisotopic (exact) mass is 328 g/mol. The highest BCUT2D eigenvalue weighted by atomic mass is 32.2. The topological polar surface area (TPSA) is 90.0 Å². The fraction of sp³-hybridized carbons (Fsp3) is 0.462. The fourth-order valence-electron chi connectivity index (χ4n) is 2.18. The maximum absolute atomic E-state index is 12.4. The van der Waals surface area contributed by atoms with Crippen LogP contribution < -0.4 is 10.5 Å². The highest BCUT2D eigenvalue weighted by Gasteiger charge is 2.21. The van der Waals surface area contributed by atoms with Crippen LogP contribution in [-0.4, -0.2) is 24.7 Å². The van der Waals surface area contributed by atoms with Crippen molar-refractivity contribution in [2.45, 2.75) is 38.3 Å². The van der Waals surface area contributed by atoms with E-state index >= 15 is 0 Å². The summed E-state index contributed by atoms with van der Waals surface area (Å²) in [4.78, 5) is 2.46. The molecule has 0 saturated heterocycles. The van der Waals surface area contributed by atoms with E-state index in [2.05, 4.69) is 9.82 Å². The summed E-state index contributed by atoms with van der Waals surface area (Å²) >= 11 is 1.66. The van der Waals surface area contributed by atoms with Gasteiger partial charge in [-0.05, 0) is 32.4 Å². The van der Waals surface area contributed by atoms with E-state index in [1.807, 2.05) is 26.8 Å². The molecule has 6 nitrogen and oxygen atoms in total. The number of hydrogen-bond donors (Lipinski definition) is 2. The molecule has 2 aromatic rings. The minimum atomic E-state index is -3.58. The molecule has 1 unspecified atom stereocenters. The van der Waals surface area contributed by atoms with Crippen LogP contribution in [0.4, 0.5) is 0 Å². The summed E-state index contributed by atoms with van der Waals surface area (Å²) in [5.41, 5.74) is 6.44. The quantitative estimate of drug-likeness (QED) is 0.842. The van der Waals surface area contributed by atoms with Crippen molar-refractivity contribution in [2.24, 2.45) is 5.73 Å². The van der Waals surface area contributed by atoms with Crippen LogP contribution in [0.1, 0.15) is 28.3 Å². The number of hydrogen-bond acceptors (Lipinski definition) is 5.